The fourth-order valence-electron chi connectivity index (χ4n) is 0.912. The number of halogens is 1. The predicted octanol–water partition coefficient (Wildman–Crippen LogP) is 2.24. The molecule has 0 aromatic heterocycles. The van der Waals surface area contributed by atoms with E-state index in [0.29, 0.717) is 12.0 Å². The lowest BCUT2D eigenvalue weighted by atomic mass is 10.3. The highest BCUT2D eigenvalue weighted by molar-refractivity contribution is 7.54. The van der Waals surface area contributed by atoms with Gasteiger partial charge in [0.05, 0.1) is 18.4 Å². The third kappa shape index (κ3) is 2.19. The zero-order valence-electron chi connectivity index (χ0n) is 6.62. The Morgan fingerprint density at radius 1 is 1.36 bits per heavy atom. The Morgan fingerprint density at radius 2 is 1.82 bits per heavy atom. The van der Waals surface area contributed by atoms with E-state index in [9.17, 15) is 4.57 Å². The summed E-state index contributed by atoms with van der Waals surface area (Å²) in [7, 11) is -2.81. The van der Waals surface area contributed by atoms with Crippen molar-refractivity contribution in [2.24, 2.45) is 0 Å². The maximum atomic E-state index is 11.5. The van der Waals surface area contributed by atoms with Gasteiger partial charge in [-0.15, -0.1) is 11.6 Å². The van der Waals surface area contributed by atoms with E-state index in [1.807, 2.05) is 13.8 Å². The molecule has 1 aliphatic heterocycles. The molecule has 1 aliphatic rings. The van der Waals surface area contributed by atoms with E-state index in [0.717, 1.165) is 0 Å². The maximum absolute atomic E-state index is 11.5. The summed E-state index contributed by atoms with van der Waals surface area (Å²) < 4.78 is 21.8. The lowest BCUT2D eigenvalue weighted by Gasteiger charge is -2.06. The third-order valence-electron chi connectivity index (χ3n) is 1.67. The van der Waals surface area contributed by atoms with Crippen LogP contribution in [0.4, 0.5) is 0 Å². The zero-order chi connectivity index (χ0) is 8.48. The Bertz CT molecular complexity index is 171. The van der Waals surface area contributed by atoms with Crippen LogP contribution < -0.4 is 0 Å². The lowest BCUT2D eigenvalue weighted by Crippen LogP contribution is -2.13. The molecule has 1 rings (SSSR count). The topological polar surface area (TPSA) is 35.5 Å². The molecule has 0 bridgehead atoms. The molecule has 0 aliphatic carbocycles. The van der Waals surface area contributed by atoms with Gasteiger partial charge in [0.2, 0.25) is 0 Å². The van der Waals surface area contributed by atoms with Crippen LogP contribution in [0, 0.1) is 0 Å². The molecular formula is C6H12ClO3P. The van der Waals surface area contributed by atoms with Gasteiger partial charge in [-0.25, -0.2) is 0 Å². The van der Waals surface area contributed by atoms with Crippen LogP contribution in [0.3, 0.4) is 0 Å². The van der Waals surface area contributed by atoms with Crippen molar-refractivity contribution in [1.29, 1.82) is 0 Å². The molecule has 5 heteroatoms. The van der Waals surface area contributed by atoms with Gasteiger partial charge in [0.15, 0.2) is 0 Å². The van der Waals surface area contributed by atoms with Crippen molar-refractivity contribution in [3.63, 3.8) is 0 Å². The summed E-state index contributed by atoms with van der Waals surface area (Å²) in [4.78, 5) is 0. The van der Waals surface area contributed by atoms with E-state index < -0.39 is 7.60 Å². The second-order valence-electron chi connectivity index (χ2n) is 2.64. The number of alkyl halides is 1. The molecule has 0 saturated carbocycles. The second-order valence-corrected chi connectivity index (χ2v) is 5.11. The molecule has 0 spiro atoms. The van der Waals surface area contributed by atoms with Gasteiger partial charge in [-0.2, -0.15) is 0 Å². The third-order valence-corrected chi connectivity index (χ3v) is 4.20. The SMILES string of the molecule is CC1OP(=O)(CCCl)OC1C. The molecule has 1 saturated heterocycles. The molecular weight excluding hydrogens is 186 g/mol. The Balaban J connectivity index is 2.57. The van der Waals surface area contributed by atoms with Crippen LogP contribution in [-0.2, 0) is 13.6 Å². The highest BCUT2D eigenvalue weighted by atomic mass is 35.5. The first-order valence-electron chi connectivity index (χ1n) is 3.59. The quantitative estimate of drug-likeness (QED) is 0.504. The van der Waals surface area contributed by atoms with Crippen LogP contribution in [0.5, 0.6) is 0 Å². The lowest BCUT2D eigenvalue weighted by molar-refractivity contribution is 0.187. The van der Waals surface area contributed by atoms with E-state index in [1.165, 1.54) is 0 Å². The van der Waals surface area contributed by atoms with Crippen molar-refractivity contribution < 1.29 is 13.6 Å². The molecule has 2 atom stereocenters. The van der Waals surface area contributed by atoms with Crippen LogP contribution >= 0.6 is 19.2 Å². The van der Waals surface area contributed by atoms with Gasteiger partial charge in [-0.1, -0.05) is 0 Å². The summed E-state index contributed by atoms with van der Waals surface area (Å²) in [6.07, 6.45) is 0.150. The van der Waals surface area contributed by atoms with Crippen molar-refractivity contribution in [1.82, 2.24) is 0 Å². The molecule has 0 N–H and O–H groups in total. The molecule has 66 valence electrons. The molecule has 0 aromatic rings. The normalized spacial score (nSPS) is 44.6. The molecule has 0 radical (unpaired) electrons. The van der Waals surface area contributed by atoms with Gasteiger partial charge in [-0.3, -0.25) is 4.57 Å². The van der Waals surface area contributed by atoms with Crippen molar-refractivity contribution >= 4 is 19.2 Å². The van der Waals surface area contributed by atoms with E-state index in [1.54, 1.807) is 0 Å². The summed E-state index contributed by atoms with van der Waals surface area (Å²) in [5.74, 6) is 0.316. The van der Waals surface area contributed by atoms with Crippen molar-refractivity contribution in [3.8, 4) is 0 Å². The van der Waals surface area contributed by atoms with Gasteiger partial charge < -0.3 is 9.05 Å². The maximum Gasteiger partial charge on any atom is 0.332 e. The number of hydrogen-bond acceptors (Lipinski definition) is 3. The van der Waals surface area contributed by atoms with E-state index in [4.69, 9.17) is 20.6 Å². The smallest absolute Gasteiger partial charge is 0.303 e. The first kappa shape index (κ1) is 9.53. The number of hydrogen-bond donors (Lipinski definition) is 0. The fraction of sp³-hybridized carbons (Fsp3) is 1.00. The van der Waals surface area contributed by atoms with Crippen LogP contribution in [0.1, 0.15) is 13.8 Å². The largest absolute Gasteiger partial charge is 0.332 e. The van der Waals surface area contributed by atoms with E-state index in [-0.39, 0.29) is 12.2 Å². The highest BCUT2D eigenvalue weighted by Gasteiger charge is 2.38. The average Bonchev–Trinajstić information content (AvgIpc) is 2.08. The highest BCUT2D eigenvalue weighted by Crippen LogP contribution is 2.56. The van der Waals surface area contributed by atoms with Crippen LogP contribution in [0.15, 0.2) is 0 Å². The summed E-state index contributed by atoms with van der Waals surface area (Å²) in [5, 5.41) is 0. The van der Waals surface area contributed by atoms with Crippen LogP contribution in [0.2, 0.25) is 0 Å². The summed E-state index contributed by atoms with van der Waals surface area (Å²) >= 11 is 5.43. The standard InChI is InChI=1S/C6H12ClO3P/c1-5-6(2)10-11(8,9-5)4-3-7/h5-6H,3-4H2,1-2H3. The summed E-state index contributed by atoms with van der Waals surface area (Å²) in [6.45, 7) is 3.69. The zero-order valence-corrected chi connectivity index (χ0v) is 8.27. The summed E-state index contributed by atoms with van der Waals surface area (Å²) in [5.41, 5.74) is 0. The van der Waals surface area contributed by atoms with Gasteiger partial charge in [0.25, 0.3) is 0 Å². The fourth-order valence-corrected chi connectivity index (χ4v) is 3.36. The predicted molar refractivity (Wildman–Crippen MR) is 44.3 cm³/mol. The van der Waals surface area contributed by atoms with Gasteiger partial charge in [0, 0.05) is 5.88 Å². The minimum absolute atomic E-state index is 0.0796. The minimum Gasteiger partial charge on any atom is -0.303 e. The monoisotopic (exact) mass is 198 g/mol. The van der Waals surface area contributed by atoms with Crippen LogP contribution in [0.25, 0.3) is 0 Å². The molecule has 0 amide bonds. The summed E-state index contributed by atoms with van der Waals surface area (Å²) in [6, 6.07) is 0. The Labute approximate surface area is 71.6 Å². The minimum atomic E-state index is -2.81. The number of rotatable bonds is 2. The van der Waals surface area contributed by atoms with Crippen molar-refractivity contribution in [3.05, 3.63) is 0 Å². The molecule has 11 heavy (non-hydrogen) atoms. The Morgan fingerprint density at radius 3 is 2.18 bits per heavy atom. The Kier molecular flexibility index (Phi) is 2.98. The van der Waals surface area contributed by atoms with Gasteiger partial charge >= 0.3 is 7.60 Å². The van der Waals surface area contributed by atoms with Gasteiger partial charge in [-0.05, 0) is 13.8 Å². The van der Waals surface area contributed by atoms with Crippen LogP contribution in [-0.4, -0.2) is 24.2 Å². The van der Waals surface area contributed by atoms with E-state index in [2.05, 4.69) is 0 Å². The first-order chi connectivity index (χ1) is 5.07. The first-order valence-corrected chi connectivity index (χ1v) is 5.85. The molecule has 3 nitrogen and oxygen atoms in total. The van der Waals surface area contributed by atoms with Crippen molar-refractivity contribution in [2.45, 2.75) is 26.1 Å². The Hall–Kier alpha value is 0.440. The molecule has 2 unspecified atom stereocenters. The average molecular weight is 199 g/mol. The molecule has 1 fully saturated rings. The van der Waals surface area contributed by atoms with Gasteiger partial charge in [0.1, 0.15) is 0 Å². The second kappa shape index (κ2) is 3.44. The molecule has 1 heterocycles. The van der Waals surface area contributed by atoms with E-state index >= 15 is 0 Å². The van der Waals surface area contributed by atoms with Crippen molar-refractivity contribution in [2.75, 3.05) is 12.0 Å². The molecule has 0 aromatic carbocycles.